The summed E-state index contributed by atoms with van der Waals surface area (Å²) in [6, 6.07) is 17.6. The maximum Gasteiger partial charge on any atom is 0.337 e. The number of aromatic nitrogens is 2. The molecule has 0 radical (unpaired) electrons. The number of benzene rings is 3. The van der Waals surface area contributed by atoms with Crippen LogP contribution in [0, 0.1) is 5.82 Å². The molecule has 0 N–H and O–H groups in total. The van der Waals surface area contributed by atoms with Gasteiger partial charge in [-0.1, -0.05) is 15.9 Å². The fourth-order valence-electron chi connectivity index (χ4n) is 4.07. The average molecular weight is 492 g/mol. The molecule has 1 aliphatic heterocycles. The smallest absolute Gasteiger partial charge is 0.337 e. The van der Waals surface area contributed by atoms with Crippen molar-refractivity contribution in [1.29, 1.82) is 0 Å². The number of anilines is 2. The van der Waals surface area contributed by atoms with Gasteiger partial charge in [0.05, 0.1) is 23.7 Å². The number of ether oxygens (including phenoxy) is 1. The van der Waals surface area contributed by atoms with Gasteiger partial charge in [0, 0.05) is 22.3 Å². The number of aryl methyl sites for hydroxylation is 1. The highest BCUT2D eigenvalue weighted by atomic mass is 79.9. The third-order valence-corrected chi connectivity index (χ3v) is 6.09. The van der Waals surface area contributed by atoms with Crippen LogP contribution in [0.5, 0.6) is 0 Å². The lowest BCUT2D eigenvalue weighted by Gasteiger charge is -2.32. The molecule has 2 heterocycles. The second kappa shape index (κ2) is 8.31. The molecular formula is C25H19BrFN3O2. The van der Waals surface area contributed by atoms with Crippen LogP contribution in [0.2, 0.25) is 0 Å². The highest BCUT2D eigenvalue weighted by Crippen LogP contribution is 2.39. The molecule has 0 aliphatic carbocycles. The van der Waals surface area contributed by atoms with Crippen molar-refractivity contribution in [3.05, 3.63) is 82.1 Å². The van der Waals surface area contributed by atoms with Gasteiger partial charge in [0.1, 0.15) is 11.5 Å². The molecule has 0 amide bonds. The Kier molecular flexibility index (Phi) is 5.35. The monoisotopic (exact) mass is 491 g/mol. The number of hydrogen-bond acceptors (Lipinski definition) is 5. The van der Waals surface area contributed by atoms with Crippen molar-refractivity contribution in [2.24, 2.45) is 0 Å². The van der Waals surface area contributed by atoms with E-state index in [0.29, 0.717) is 28.1 Å². The summed E-state index contributed by atoms with van der Waals surface area (Å²) in [5.41, 5.74) is 5.39. The zero-order chi connectivity index (χ0) is 22.2. The van der Waals surface area contributed by atoms with Crippen molar-refractivity contribution in [2.45, 2.75) is 12.8 Å². The van der Waals surface area contributed by atoms with Gasteiger partial charge in [0.25, 0.3) is 0 Å². The van der Waals surface area contributed by atoms with Crippen LogP contribution >= 0.6 is 15.9 Å². The van der Waals surface area contributed by atoms with E-state index in [9.17, 15) is 9.18 Å². The van der Waals surface area contributed by atoms with Crippen LogP contribution in [0.4, 0.5) is 15.9 Å². The number of carbonyl (C=O) groups is 1. The Balaban J connectivity index is 1.74. The normalized spacial score (nSPS) is 13.2. The summed E-state index contributed by atoms with van der Waals surface area (Å²) in [5, 5.41) is 0. The number of carbonyl (C=O) groups excluding carboxylic acids is 1. The van der Waals surface area contributed by atoms with Crippen molar-refractivity contribution in [2.75, 3.05) is 18.6 Å². The van der Waals surface area contributed by atoms with E-state index in [-0.39, 0.29) is 5.82 Å². The molecular weight excluding hydrogens is 473 g/mol. The molecule has 4 aromatic rings. The minimum absolute atomic E-state index is 0.306. The van der Waals surface area contributed by atoms with E-state index in [1.54, 1.807) is 30.3 Å². The number of halogens is 2. The Morgan fingerprint density at radius 2 is 1.84 bits per heavy atom. The molecule has 1 aliphatic rings. The lowest BCUT2D eigenvalue weighted by molar-refractivity contribution is 0.0601. The van der Waals surface area contributed by atoms with Gasteiger partial charge in [-0.05, 0) is 79.1 Å². The minimum Gasteiger partial charge on any atom is -0.465 e. The molecule has 7 heteroatoms. The average Bonchev–Trinajstić information content (AvgIpc) is 2.82. The zero-order valence-corrected chi connectivity index (χ0v) is 18.9. The van der Waals surface area contributed by atoms with Gasteiger partial charge in [-0.25, -0.2) is 19.2 Å². The van der Waals surface area contributed by atoms with Crippen LogP contribution in [-0.2, 0) is 11.2 Å². The standard InChI is InChI=1S/C25H19BrFN3O2/c1-32-25(31)17-6-10-20-21(14-17)29-24(23(28-20)15-4-8-19(27)9-5-15)30-12-2-3-16-13-18(26)7-11-22(16)30/h4-11,13-14H,2-3,12H2,1H3. The number of rotatable bonds is 3. The zero-order valence-electron chi connectivity index (χ0n) is 17.3. The molecule has 0 unspecified atom stereocenters. The van der Waals surface area contributed by atoms with Crippen LogP contribution in [0.15, 0.2) is 65.1 Å². The molecule has 160 valence electrons. The van der Waals surface area contributed by atoms with Crippen molar-refractivity contribution >= 4 is 44.4 Å². The van der Waals surface area contributed by atoms with Gasteiger partial charge >= 0.3 is 5.97 Å². The van der Waals surface area contributed by atoms with E-state index < -0.39 is 5.97 Å². The van der Waals surface area contributed by atoms with E-state index in [1.807, 2.05) is 6.07 Å². The molecule has 32 heavy (non-hydrogen) atoms. The van der Waals surface area contributed by atoms with Gasteiger partial charge in [0.2, 0.25) is 0 Å². The van der Waals surface area contributed by atoms with E-state index >= 15 is 0 Å². The summed E-state index contributed by atoms with van der Waals surface area (Å²) in [5.74, 6) is -0.0552. The van der Waals surface area contributed by atoms with Gasteiger partial charge in [-0.3, -0.25) is 0 Å². The summed E-state index contributed by atoms with van der Waals surface area (Å²) in [6.45, 7) is 0.777. The molecule has 0 fully saturated rings. The maximum atomic E-state index is 13.6. The molecule has 0 spiro atoms. The fraction of sp³-hybridized carbons (Fsp3) is 0.160. The fourth-order valence-corrected chi connectivity index (χ4v) is 4.47. The first-order valence-electron chi connectivity index (χ1n) is 10.3. The largest absolute Gasteiger partial charge is 0.465 e. The van der Waals surface area contributed by atoms with E-state index in [0.717, 1.165) is 35.1 Å². The predicted octanol–water partition coefficient (Wildman–Crippen LogP) is 6.07. The molecule has 0 saturated carbocycles. The number of methoxy groups -OCH3 is 1. The molecule has 0 saturated heterocycles. The summed E-state index contributed by atoms with van der Waals surface area (Å²) in [6.07, 6.45) is 1.94. The second-order valence-electron chi connectivity index (χ2n) is 7.63. The number of nitrogens with zero attached hydrogens (tertiary/aromatic N) is 3. The van der Waals surface area contributed by atoms with E-state index in [1.165, 1.54) is 24.8 Å². The van der Waals surface area contributed by atoms with Crippen LogP contribution < -0.4 is 4.90 Å². The summed E-state index contributed by atoms with van der Waals surface area (Å²) in [4.78, 5) is 24.0. The Labute approximate surface area is 193 Å². The molecule has 3 aromatic carbocycles. The first-order chi connectivity index (χ1) is 15.5. The van der Waals surface area contributed by atoms with Crippen molar-refractivity contribution in [3.63, 3.8) is 0 Å². The van der Waals surface area contributed by atoms with Crippen LogP contribution in [-0.4, -0.2) is 29.6 Å². The van der Waals surface area contributed by atoms with Crippen LogP contribution in [0.25, 0.3) is 22.3 Å². The lowest BCUT2D eigenvalue weighted by Crippen LogP contribution is -2.26. The number of esters is 1. The molecule has 1 aromatic heterocycles. The Morgan fingerprint density at radius 1 is 1.03 bits per heavy atom. The van der Waals surface area contributed by atoms with Crippen molar-refractivity contribution in [3.8, 4) is 11.3 Å². The van der Waals surface area contributed by atoms with Gasteiger partial charge in [-0.15, -0.1) is 0 Å². The van der Waals surface area contributed by atoms with Crippen LogP contribution in [0.1, 0.15) is 22.3 Å². The van der Waals surface area contributed by atoms with E-state index in [4.69, 9.17) is 14.7 Å². The molecule has 5 nitrogen and oxygen atoms in total. The molecule has 5 rings (SSSR count). The van der Waals surface area contributed by atoms with Gasteiger partial charge < -0.3 is 9.64 Å². The van der Waals surface area contributed by atoms with Crippen molar-refractivity contribution in [1.82, 2.24) is 9.97 Å². The third kappa shape index (κ3) is 3.73. The molecule has 0 atom stereocenters. The minimum atomic E-state index is -0.425. The summed E-state index contributed by atoms with van der Waals surface area (Å²) >= 11 is 3.56. The quantitative estimate of drug-likeness (QED) is 0.325. The second-order valence-corrected chi connectivity index (χ2v) is 8.54. The topological polar surface area (TPSA) is 55.3 Å². The molecule has 0 bridgehead atoms. The summed E-state index contributed by atoms with van der Waals surface area (Å²) in [7, 11) is 1.35. The van der Waals surface area contributed by atoms with E-state index in [2.05, 4.69) is 33.0 Å². The van der Waals surface area contributed by atoms with Gasteiger partial charge in [0.15, 0.2) is 5.82 Å². The first-order valence-corrected chi connectivity index (χ1v) is 11.0. The maximum absolute atomic E-state index is 13.6. The Morgan fingerprint density at radius 3 is 2.62 bits per heavy atom. The van der Waals surface area contributed by atoms with Gasteiger partial charge in [-0.2, -0.15) is 0 Å². The highest BCUT2D eigenvalue weighted by molar-refractivity contribution is 9.10. The first kappa shape index (κ1) is 20.6. The Bertz CT molecular complexity index is 1340. The third-order valence-electron chi connectivity index (χ3n) is 5.60. The highest BCUT2D eigenvalue weighted by Gasteiger charge is 2.24. The van der Waals surface area contributed by atoms with Crippen molar-refractivity contribution < 1.29 is 13.9 Å². The lowest BCUT2D eigenvalue weighted by atomic mass is 10.0. The SMILES string of the molecule is COC(=O)c1ccc2nc(-c3ccc(F)cc3)c(N3CCCc4cc(Br)ccc43)nc2c1. The number of hydrogen-bond donors (Lipinski definition) is 0. The summed E-state index contributed by atoms with van der Waals surface area (Å²) < 4.78 is 19.5. The Hall–Kier alpha value is -3.32. The predicted molar refractivity (Wildman–Crippen MR) is 126 cm³/mol. The number of fused-ring (bicyclic) bond motifs is 2. The van der Waals surface area contributed by atoms with Crippen LogP contribution in [0.3, 0.4) is 0 Å².